The molecule has 1 N–H and O–H groups in total. The lowest BCUT2D eigenvalue weighted by atomic mass is 10.2. The maximum absolute atomic E-state index is 13.9. The van der Waals surface area contributed by atoms with E-state index in [-0.39, 0.29) is 17.1 Å². The van der Waals surface area contributed by atoms with Crippen LogP contribution in [0.5, 0.6) is 0 Å². The Morgan fingerprint density at radius 3 is 2.47 bits per heavy atom. The van der Waals surface area contributed by atoms with E-state index in [4.69, 9.17) is 5.11 Å². The minimum Gasteiger partial charge on any atom is -0.478 e. The van der Waals surface area contributed by atoms with Gasteiger partial charge in [0.1, 0.15) is 6.33 Å². The van der Waals surface area contributed by atoms with Gasteiger partial charge in [0.2, 0.25) is 0 Å². The zero-order chi connectivity index (χ0) is 14.0. The van der Waals surface area contributed by atoms with Gasteiger partial charge >= 0.3 is 5.97 Å². The first-order chi connectivity index (χ1) is 9.00. The highest BCUT2D eigenvalue weighted by molar-refractivity contribution is 5.88. The lowest BCUT2D eigenvalue weighted by Crippen LogP contribution is -2.14. The second-order valence-corrected chi connectivity index (χ2v) is 4.01. The molecule has 0 aliphatic rings. The van der Waals surface area contributed by atoms with Gasteiger partial charge in [-0.2, -0.15) is 0 Å². The predicted octanol–water partition coefficient (Wildman–Crippen LogP) is 2.39. The van der Waals surface area contributed by atoms with E-state index in [2.05, 4.69) is 9.97 Å². The monoisotopic (exact) mass is 261 g/mol. The number of carbonyl (C=O) groups is 1. The molecule has 0 bridgehead atoms. The van der Waals surface area contributed by atoms with Crippen LogP contribution in [0, 0.1) is 12.7 Å². The van der Waals surface area contributed by atoms with E-state index in [0.717, 1.165) is 0 Å². The number of rotatable bonds is 3. The van der Waals surface area contributed by atoms with Gasteiger partial charge in [-0.25, -0.2) is 19.2 Å². The fraction of sp³-hybridized carbons (Fsp3) is 0.154. The first kappa shape index (κ1) is 12.9. The van der Waals surface area contributed by atoms with Crippen LogP contribution in [0.3, 0.4) is 0 Å². The molecule has 0 spiro atoms. The van der Waals surface area contributed by atoms with Gasteiger partial charge in [0.05, 0.1) is 11.3 Å². The lowest BCUT2D eigenvalue weighted by molar-refractivity contribution is 0.0697. The summed E-state index contributed by atoms with van der Waals surface area (Å²) < 4.78 is 13.9. The van der Waals surface area contributed by atoms with Crippen LogP contribution in [0.25, 0.3) is 0 Å². The number of anilines is 2. The molecule has 0 saturated heterocycles. The van der Waals surface area contributed by atoms with Crippen LogP contribution in [0.2, 0.25) is 0 Å². The van der Waals surface area contributed by atoms with Crippen LogP contribution in [-0.4, -0.2) is 28.1 Å². The summed E-state index contributed by atoms with van der Waals surface area (Å²) in [5.41, 5.74) is 1.08. The third-order valence-corrected chi connectivity index (χ3v) is 2.76. The Kier molecular flexibility index (Phi) is 3.41. The van der Waals surface area contributed by atoms with Crippen molar-refractivity contribution in [3.8, 4) is 0 Å². The lowest BCUT2D eigenvalue weighted by Gasteiger charge is -2.19. The van der Waals surface area contributed by atoms with Crippen LogP contribution in [0.4, 0.5) is 15.9 Å². The second kappa shape index (κ2) is 5.01. The Balaban J connectivity index is 2.36. The third-order valence-electron chi connectivity index (χ3n) is 2.76. The third kappa shape index (κ3) is 2.52. The van der Waals surface area contributed by atoms with E-state index < -0.39 is 11.8 Å². The highest BCUT2D eigenvalue weighted by Crippen LogP contribution is 2.24. The maximum Gasteiger partial charge on any atom is 0.335 e. The minimum atomic E-state index is -1.00. The number of nitrogens with zero attached hydrogens (tertiary/aromatic N) is 3. The molecule has 0 aliphatic carbocycles. The molecule has 0 fully saturated rings. The largest absolute Gasteiger partial charge is 0.478 e. The van der Waals surface area contributed by atoms with Crippen molar-refractivity contribution < 1.29 is 14.3 Å². The molecule has 19 heavy (non-hydrogen) atoms. The molecule has 98 valence electrons. The van der Waals surface area contributed by atoms with Gasteiger partial charge in [-0.3, -0.25) is 0 Å². The van der Waals surface area contributed by atoms with Crippen molar-refractivity contribution in [2.75, 3.05) is 11.9 Å². The summed E-state index contributed by atoms with van der Waals surface area (Å²) in [6.45, 7) is 1.56. The van der Waals surface area contributed by atoms with Crippen molar-refractivity contribution in [1.29, 1.82) is 0 Å². The van der Waals surface area contributed by atoms with Gasteiger partial charge in [-0.1, -0.05) is 0 Å². The molecule has 0 radical (unpaired) electrons. The zero-order valence-electron chi connectivity index (χ0n) is 10.5. The van der Waals surface area contributed by atoms with Crippen LogP contribution < -0.4 is 4.90 Å². The average Bonchev–Trinajstić information content (AvgIpc) is 2.41. The molecular formula is C13H12FN3O2. The molecule has 2 rings (SSSR count). The normalized spacial score (nSPS) is 10.3. The van der Waals surface area contributed by atoms with Gasteiger partial charge in [0.15, 0.2) is 11.6 Å². The van der Waals surface area contributed by atoms with Gasteiger partial charge in [0.25, 0.3) is 0 Å². The van der Waals surface area contributed by atoms with E-state index in [0.29, 0.717) is 5.69 Å². The smallest absolute Gasteiger partial charge is 0.335 e. The minimum absolute atomic E-state index is 0.149. The fourth-order valence-electron chi connectivity index (χ4n) is 1.63. The maximum atomic E-state index is 13.9. The molecule has 0 unspecified atom stereocenters. The Hall–Kier alpha value is -2.50. The fourth-order valence-corrected chi connectivity index (χ4v) is 1.63. The van der Waals surface area contributed by atoms with Crippen LogP contribution in [0.1, 0.15) is 16.1 Å². The summed E-state index contributed by atoms with van der Waals surface area (Å²) in [5.74, 6) is -1.35. The zero-order valence-corrected chi connectivity index (χ0v) is 10.5. The summed E-state index contributed by atoms with van der Waals surface area (Å²) in [6, 6.07) is 6.11. The molecule has 0 saturated carbocycles. The van der Waals surface area contributed by atoms with Crippen LogP contribution >= 0.6 is 0 Å². The summed E-state index contributed by atoms with van der Waals surface area (Å²) in [5, 5.41) is 8.82. The average molecular weight is 261 g/mol. The van der Waals surface area contributed by atoms with Crippen molar-refractivity contribution in [3.05, 3.63) is 47.7 Å². The highest BCUT2D eigenvalue weighted by atomic mass is 19.1. The number of carboxylic acids is 1. The van der Waals surface area contributed by atoms with Crippen molar-refractivity contribution in [3.63, 3.8) is 0 Å². The number of halogens is 1. The quantitative estimate of drug-likeness (QED) is 0.918. The number of aromatic nitrogens is 2. The van der Waals surface area contributed by atoms with Crippen molar-refractivity contribution in [1.82, 2.24) is 9.97 Å². The van der Waals surface area contributed by atoms with E-state index in [1.807, 2.05) is 0 Å². The predicted molar refractivity (Wildman–Crippen MR) is 68.2 cm³/mol. The van der Waals surface area contributed by atoms with Gasteiger partial charge < -0.3 is 10.0 Å². The number of carboxylic acid groups (broad SMARTS) is 1. The van der Waals surface area contributed by atoms with E-state index in [1.165, 1.54) is 23.4 Å². The summed E-state index contributed by atoms with van der Waals surface area (Å²) in [6.07, 6.45) is 1.29. The first-order valence-electron chi connectivity index (χ1n) is 5.55. The van der Waals surface area contributed by atoms with Gasteiger partial charge in [-0.05, 0) is 31.2 Å². The molecule has 5 nitrogen and oxygen atoms in total. The highest BCUT2D eigenvalue weighted by Gasteiger charge is 2.14. The van der Waals surface area contributed by atoms with Crippen molar-refractivity contribution in [2.45, 2.75) is 6.92 Å². The van der Waals surface area contributed by atoms with E-state index in [9.17, 15) is 9.18 Å². The Bertz CT molecular complexity index is 614. The molecule has 1 aromatic heterocycles. The number of hydrogen-bond acceptors (Lipinski definition) is 4. The molecule has 1 aromatic carbocycles. The summed E-state index contributed by atoms with van der Waals surface area (Å²) in [7, 11) is 1.65. The van der Waals surface area contributed by atoms with Crippen LogP contribution in [-0.2, 0) is 0 Å². The van der Waals surface area contributed by atoms with Crippen molar-refractivity contribution >= 4 is 17.5 Å². The number of aromatic carboxylic acids is 1. The SMILES string of the molecule is Cc1ncnc(N(C)c2ccc(C(=O)O)cc2)c1F. The molecule has 0 amide bonds. The molecular weight excluding hydrogens is 249 g/mol. The van der Waals surface area contributed by atoms with E-state index >= 15 is 0 Å². The topological polar surface area (TPSA) is 66.3 Å². The Morgan fingerprint density at radius 1 is 1.26 bits per heavy atom. The number of benzene rings is 1. The number of hydrogen-bond donors (Lipinski definition) is 1. The molecule has 2 aromatic rings. The Morgan fingerprint density at radius 2 is 1.89 bits per heavy atom. The van der Waals surface area contributed by atoms with E-state index in [1.54, 1.807) is 26.1 Å². The molecule has 1 heterocycles. The molecule has 0 aliphatic heterocycles. The van der Waals surface area contributed by atoms with Gasteiger partial charge in [-0.15, -0.1) is 0 Å². The first-order valence-corrected chi connectivity index (χ1v) is 5.55. The number of aryl methyl sites for hydroxylation is 1. The Labute approximate surface area is 109 Å². The standard InChI is InChI=1S/C13H12FN3O2/c1-8-11(14)12(16-7-15-8)17(2)10-5-3-9(4-6-10)13(18)19/h3-7H,1-2H3,(H,18,19). The molecule has 6 heteroatoms. The van der Waals surface area contributed by atoms with Crippen molar-refractivity contribution in [2.24, 2.45) is 0 Å². The second-order valence-electron chi connectivity index (χ2n) is 4.01. The summed E-state index contributed by atoms with van der Waals surface area (Å²) in [4.78, 5) is 20.0. The summed E-state index contributed by atoms with van der Waals surface area (Å²) >= 11 is 0. The molecule has 0 atom stereocenters. The van der Waals surface area contributed by atoms with Gasteiger partial charge in [0, 0.05) is 12.7 Å². The van der Waals surface area contributed by atoms with Crippen LogP contribution in [0.15, 0.2) is 30.6 Å².